The third-order valence-corrected chi connectivity index (χ3v) is 8.70. The molecule has 3 saturated carbocycles. The summed E-state index contributed by atoms with van der Waals surface area (Å²) in [6.45, 7) is 7.62. The summed E-state index contributed by atoms with van der Waals surface area (Å²) < 4.78 is 5.43. The molecule has 3 aliphatic carbocycles. The van der Waals surface area contributed by atoms with Crippen molar-refractivity contribution in [1.29, 1.82) is 0 Å². The number of fused-ring (bicyclic) bond motifs is 3. The van der Waals surface area contributed by atoms with Gasteiger partial charge in [-0.15, -0.1) is 0 Å². The van der Waals surface area contributed by atoms with Crippen LogP contribution >= 0.6 is 0 Å². The molecule has 6 atom stereocenters. The molecule has 4 rings (SSSR count). The Hall–Kier alpha value is -0.720. The highest BCUT2D eigenvalue weighted by atomic mass is 16.3. The van der Waals surface area contributed by atoms with E-state index in [4.69, 9.17) is 4.42 Å². The van der Waals surface area contributed by atoms with Crippen molar-refractivity contribution in [2.75, 3.05) is 0 Å². The highest BCUT2D eigenvalue weighted by Crippen LogP contribution is 2.63. The van der Waals surface area contributed by atoms with Crippen LogP contribution < -0.4 is 0 Å². The molecule has 0 amide bonds. The molecule has 0 saturated heterocycles. The highest BCUT2D eigenvalue weighted by molar-refractivity contribution is 5.17. The van der Waals surface area contributed by atoms with Crippen LogP contribution in [-0.2, 0) is 0 Å². The maximum atomic E-state index is 5.43. The Labute approximate surface area is 148 Å². The van der Waals surface area contributed by atoms with E-state index in [2.05, 4.69) is 26.8 Å². The molecule has 0 radical (unpaired) electrons. The summed E-state index contributed by atoms with van der Waals surface area (Å²) in [5, 5.41) is 0. The standard InChI is InChI=1S/C23H36O/c1-4-20(18-11-14-24-16-18)22(2)13-10-21-17(15-22)8-9-19-7-5-6-12-23(19,21)3/h11,14,16-17,19-21H,4-10,12-13,15H2,1-3H3/t17-,19-,20+,21-,22-,23-/m0/s1. The highest BCUT2D eigenvalue weighted by Gasteiger charge is 2.53. The van der Waals surface area contributed by atoms with Crippen molar-refractivity contribution in [3.05, 3.63) is 24.2 Å². The van der Waals surface area contributed by atoms with Crippen molar-refractivity contribution in [3.8, 4) is 0 Å². The van der Waals surface area contributed by atoms with Crippen LogP contribution in [0.4, 0.5) is 0 Å². The zero-order valence-electron chi connectivity index (χ0n) is 16.0. The van der Waals surface area contributed by atoms with Gasteiger partial charge in [-0.25, -0.2) is 0 Å². The minimum atomic E-state index is 0.470. The Bertz CT molecular complexity index is 546. The van der Waals surface area contributed by atoms with Gasteiger partial charge in [0, 0.05) is 0 Å². The summed E-state index contributed by atoms with van der Waals surface area (Å²) in [6.07, 6.45) is 18.5. The van der Waals surface area contributed by atoms with Crippen molar-refractivity contribution in [1.82, 2.24) is 0 Å². The molecule has 134 valence electrons. The minimum absolute atomic E-state index is 0.470. The number of hydrogen-bond donors (Lipinski definition) is 0. The van der Waals surface area contributed by atoms with Gasteiger partial charge >= 0.3 is 0 Å². The summed E-state index contributed by atoms with van der Waals surface area (Å²) in [6, 6.07) is 2.21. The smallest absolute Gasteiger partial charge is 0.0937 e. The lowest BCUT2D eigenvalue weighted by molar-refractivity contribution is -0.0830. The van der Waals surface area contributed by atoms with Gasteiger partial charge in [0.2, 0.25) is 0 Å². The van der Waals surface area contributed by atoms with Gasteiger partial charge in [-0.3, -0.25) is 0 Å². The summed E-state index contributed by atoms with van der Waals surface area (Å²) in [7, 11) is 0. The molecule has 0 bridgehead atoms. The van der Waals surface area contributed by atoms with Gasteiger partial charge in [-0.05, 0) is 97.5 Å². The Morgan fingerprint density at radius 3 is 2.75 bits per heavy atom. The molecule has 1 aromatic heterocycles. The Morgan fingerprint density at radius 2 is 2.00 bits per heavy atom. The van der Waals surface area contributed by atoms with E-state index in [1.54, 1.807) is 0 Å². The first-order valence-electron chi connectivity index (χ1n) is 10.6. The number of hydrogen-bond acceptors (Lipinski definition) is 1. The summed E-state index contributed by atoms with van der Waals surface area (Å²) in [4.78, 5) is 0. The van der Waals surface area contributed by atoms with Gasteiger partial charge in [0.15, 0.2) is 0 Å². The first-order valence-corrected chi connectivity index (χ1v) is 10.6. The van der Waals surface area contributed by atoms with E-state index in [0.717, 1.165) is 17.8 Å². The quantitative estimate of drug-likeness (QED) is 0.572. The fourth-order valence-electron chi connectivity index (χ4n) is 7.46. The van der Waals surface area contributed by atoms with E-state index in [1.807, 2.05) is 12.5 Å². The molecule has 1 aromatic rings. The van der Waals surface area contributed by atoms with Crippen molar-refractivity contribution in [3.63, 3.8) is 0 Å². The predicted octanol–water partition coefficient (Wildman–Crippen LogP) is 7.19. The zero-order chi connectivity index (χ0) is 16.8. The maximum Gasteiger partial charge on any atom is 0.0937 e. The molecular weight excluding hydrogens is 292 g/mol. The lowest BCUT2D eigenvalue weighted by atomic mass is 9.46. The monoisotopic (exact) mass is 328 g/mol. The van der Waals surface area contributed by atoms with Crippen LogP contribution in [0.2, 0.25) is 0 Å². The van der Waals surface area contributed by atoms with Gasteiger partial charge in [0.25, 0.3) is 0 Å². The van der Waals surface area contributed by atoms with Crippen LogP contribution in [0, 0.1) is 28.6 Å². The third kappa shape index (κ3) is 2.58. The minimum Gasteiger partial charge on any atom is -0.472 e. The fraction of sp³-hybridized carbons (Fsp3) is 0.826. The molecule has 0 N–H and O–H groups in total. The number of rotatable bonds is 3. The molecule has 1 heteroatoms. The third-order valence-electron chi connectivity index (χ3n) is 8.70. The van der Waals surface area contributed by atoms with Gasteiger partial charge in [-0.1, -0.05) is 33.6 Å². The normalized spacial score (nSPS) is 43.7. The van der Waals surface area contributed by atoms with Crippen molar-refractivity contribution < 1.29 is 4.42 Å². The fourth-order valence-corrected chi connectivity index (χ4v) is 7.46. The van der Waals surface area contributed by atoms with Crippen molar-refractivity contribution in [2.24, 2.45) is 28.6 Å². The lowest BCUT2D eigenvalue weighted by Gasteiger charge is -2.59. The van der Waals surface area contributed by atoms with Crippen molar-refractivity contribution >= 4 is 0 Å². The molecule has 0 spiro atoms. The topological polar surface area (TPSA) is 13.1 Å². The summed E-state index contributed by atoms with van der Waals surface area (Å²) >= 11 is 0. The summed E-state index contributed by atoms with van der Waals surface area (Å²) in [5.74, 6) is 3.69. The van der Waals surface area contributed by atoms with Crippen LogP contribution in [0.25, 0.3) is 0 Å². The lowest BCUT2D eigenvalue weighted by Crippen LogP contribution is -2.49. The molecule has 0 aliphatic heterocycles. The first-order chi connectivity index (χ1) is 11.6. The van der Waals surface area contributed by atoms with E-state index in [1.165, 1.54) is 69.8 Å². The van der Waals surface area contributed by atoms with Crippen LogP contribution in [0.1, 0.15) is 96.5 Å². The van der Waals surface area contributed by atoms with E-state index >= 15 is 0 Å². The molecular formula is C23H36O. The molecule has 3 aliphatic rings. The van der Waals surface area contributed by atoms with Crippen LogP contribution in [-0.4, -0.2) is 0 Å². The second kappa shape index (κ2) is 6.22. The molecule has 0 unspecified atom stereocenters. The average Bonchev–Trinajstić information content (AvgIpc) is 3.08. The molecule has 3 fully saturated rings. The van der Waals surface area contributed by atoms with E-state index < -0.39 is 0 Å². The Kier molecular flexibility index (Phi) is 4.34. The average molecular weight is 329 g/mol. The first kappa shape index (κ1) is 16.7. The second-order valence-corrected chi connectivity index (χ2v) is 9.81. The maximum absolute atomic E-state index is 5.43. The Balaban J connectivity index is 1.56. The van der Waals surface area contributed by atoms with E-state index in [-0.39, 0.29) is 0 Å². The van der Waals surface area contributed by atoms with Gasteiger partial charge in [-0.2, -0.15) is 0 Å². The molecule has 24 heavy (non-hydrogen) atoms. The van der Waals surface area contributed by atoms with Gasteiger partial charge < -0.3 is 4.42 Å². The summed E-state index contributed by atoms with van der Waals surface area (Å²) in [5.41, 5.74) is 2.58. The van der Waals surface area contributed by atoms with Gasteiger partial charge in [0.1, 0.15) is 0 Å². The molecule has 1 heterocycles. The van der Waals surface area contributed by atoms with Crippen LogP contribution in [0.5, 0.6) is 0 Å². The molecule has 0 aromatic carbocycles. The number of furan rings is 1. The second-order valence-electron chi connectivity index (χ2n) is 9.81. The molecule has 1 nitrogen and oxygen atoms in total. The largest absolute Gasteiger partial charge is 0.472 e. The predicted molar refractivity (Wildman–Crippen MR) is 100.0 cm³/mol. The Morgan fingerprint density at radius 1 is 1.12 bits per heavy atom. The van der Waals surface area contributed by atoms with Crippen LogP contribution in [0.15, 0.2) is 23.0 Å². The van der Waals surface area contributed by atoms with Crippen LogP contribution in [0.3, 0.4) is 0 Å². The zero-order valence-corrected chi connectivity index (χ0v) is 16.0. The van der Waals surface area contributed by atoms with E-state index in [9.17, 15) is 0 Å². The van der Waals surface area contributed by atoms with Crippen molar-refractivity contribution in [2.45, 2.75) is 90.9 Å². The van der Waals surface area contributed by atoms with E-state index in [0.29, 0.717) is 16.7 Å². The van der Waals surface area contributed by atoms with Gasteiger partial charge in [0.05, 0.1) is 12.5 Å². The SMILES string of the molecule is CC[C@H](c1ccoc1)[C@@]1(C)CC[C@H]2[C@@H](CC[C@@H]3CCCC[C@@]32C)C1.